The molecule has 0 saturated heterocycles. The number of hydrogen-bond donors (Lipinski definition) is 1. The normalized spacial score (nSPS) is 11.1. The van der Waals surface area contributed by atoms with Gasteiger partial charge in [-0.05, 0) is 35.9 Å². The van der Waals surface area contributed by atoms with E-state index in [1.165, 1.54) is 37.4 Å². The molecule has 2 rings (SSSR count). The largest absolute Gasteiger partial charge is 0.416 e. The molecular weight excluding hydrogens is 352 g/mol. The number of benzene rings is 2. The molecule has 0 aliphatic carbocycles. The molecule has 1 N–H and O–H groups in total. The van der Waals surface area contributed by atoms with Crippen molar-refractivity contribution in [2.24, 2.45) is 0 Å². The summed E-state index contributed by atoms with van der Waals surface area (Å²) < 4.78 is 50.6. The van der Waals surface area contributed by atoms with E-state index in [2.05, 4.69) is 5.32 Å². The van der Waals surface area contributed by atoms with Crippen molar-refractivity contribution < 1.29 is 27.2 Å². The summed E-state index contributed by atoms with van der Waals surface area (Å²) >= 11 is 0. The van der Waals surface area contributed by atoms with E-state index in [1.54, 1.807) is 0 Å². The Bertz CT molecular complexity index is 789. The van der Waals surface area contributed by atoms with Crippen molar-refractivity contribution in [2.45, 2.75) is 12.6 Å². The number of nitrogens with one attached hydrogen (secondary N) is 1. The Morgan fingerprint density at radius 1 is 1.08 bits per heavy atom. The van der Waals surface area contributed by atoms with Gasteiger partial charge in [0.15, 0.2) is 0 Å². The number of likely N-dealkylation sites (N-methyl/N-ethyl adjacent to an activating group) is 1. The van der Waals surface area contributed by atoms with E-state index in [0.717, 1.165) is 23.1 Å². The number of carbonyl (C=O) groups excluding carboxylic acids is 2. The van der Waals surface area contributed by atoms with E-state index < -0.39 is 29.4 Å². The Labute approximate surface area is 147 Å². The zero-order valence-electron chi connectivity index (χ0n) is 13.8. The van der Waals surface area contributed by atoms with Crippen LogP contribution in [0.15, 0.2) is 48.5 Å². The summed E-state index contributed by atoms with van der Waals surface area (Å²) in [5, 5.41) is 2.46. The van der Waals surface area contributed by atoms with Crippen LogP contribution in [0.25, 0.3) is 0 Å². The molecule has 0 heterocycles. The number of nitrogens with zero attached hydrogens (tertiary/aromatic N) is 1. The van der Waals surface area contributed by atoms with Crippen LogP contribution < -0.4 is 5.32 Å². The maximum absolute atomic E-state index is 13.1. The molecule has 0 aromatic heterocycles. The van der Waals surface area contributed by atoms with Crippen LogP contribution >= 0.6 is 0 Å². The lowest BCUT2D eigenvalue weighted by molar-refractivity contribution is -0.137. The van der Waals surface area contributed by atoms with Crippen molar-refractivity contribution in [1.82, 2.24) is 4.90 Å². The Morgan fingerprint density at radius 3 is 2.31 bits per heavy atom. The van der Waals surface area contributed by atoms with Gasteiger partial charge >= 0.3 is 6.18 Å². The lowest BCUT2D eigenvalue weighted by Crippen LogP contribution is -2.35. The lowest BCUT2D eigenvalue weighted by atomic mass is 10.1. The second-order valence-corrected chi connectivity index (χ2v) is 5.68. The molecular formula is C18H16F4N2O2. The van der Waals surface area contributed by atoms with Gasteiger partial charge in [-0.1, -0.05) is 18.2 Å². The molecule has 2 amide bonds. The van der Waals surface area contributed by atoms with Crippen LogP contribution in [0.3, 0.4) is 0 Å². The second kappa shape index (κ2) is 7.99. The molecule has 0 aliphatic rings. The topological polar surface area (TPSA) is 49.4 Å². The second-order valence-electron chi connectivity index (χ2n) is 5.68. The average Bonchev–Trinajstić information content (AvgIpc) is 2.54. The van der Waals surface area contributed by atoms with Gasteiger partial charge in [-0.2, -0.15) is 13.2 Å². The van der Waals surface area contributed by atoms with Crippen LogP contribution in [0, 0.1) is 5.82 Å². The molecule has 138 valence electrons. The number of rotatable bonds is 5. The lowest BCUT2D eigenvalue weighted by Gasteiger charge is -2.17. The third-order valence-electron chi connectivity index (χ3n) is 3.55. The zero-order chi connectivity index (χ0) is 19.3. The SMILES string of the molecule is CN(CC(=O)Nc1cccc(F)c1)C(=O)Cc1ccc(C(F)(F)F)cc1. The third-order valence-corrected chi connectivity index (χ3v) is 3.55. The molecule has 26 heavy (non-hydrogen) atoms. The monoisotopic (exact) mass is 368 g/mol. The van der Waals surface area contributed by atoms with Gasteiger partial charge in [0, 0.05) is 12.7 Å². The molecule has 2 aromatic carbocycles. The molecule has 0 unspecified atom stereocenters. The van der Waals surface area contributed by atoms with E-state index in [9.17, 15) is 27.2 Å². The summed E-state index contributed by atoms with van der Waals surface area (Å²) in [4.78, 5) is 25.1. The summed E-state index contributed by atoms with van der Waals surface area (Å²) in [5.74, 6) is -1.45. The van der Waals surface area contributed by atoms with Crippen molar-refractivity contribution in [3.05, 3.63) is 65.5 Å². The van der Waals surface area contributed by atoms with Gasteiger partial charge in [0.2, 0.25) is 11.8 Å². The van der Waals surface area contributed by atoms with E-state index in [1.807, 2.05) is 0 Å². The molecule has 8 heteroatoms. The van der Waals surface area contributed by atoms with Crippen LogP contribution in [0.1, 0.15) is 11.1 Å². The molecule has 0 spiro atoms. The third kappa shape index (κ3) is 5.58. The molecule has 0 bridgehead atoms. The fourth-order valence-electron chi connectivity index (χ4n) is 2.19. The molecule has 0 aliphatic heterocycles. The Balaban J connectivity index is 1.89. The molecule has 0 fully saturated rings. The molecule has 0 atom stereocenters. The highest BCUT2D eigenvalue weighted by molar-refractivity contribution is 5.94. The zero-order valence-corrected chi connectivity index (χ0v) is 13.8. The maximum atomic E-state index is 13.1. The van der Waals surface area contributed by atoms with E-state index >= 15 is 0 Å². The molecule has 0 saturated carbocycles. The smallest absolute Gasteiger partial charge is 0.336 e. The Morgan fingerprint density at radius 2 is 1.73 bits per heavy atom. The van der Waals surface area contributed by atoms with Crippen molar-refractivity contribution in [1.29, 1.82) is 0 Å². The van der Waals surface area contributed by atoms with Gasteiger partial charge in [0.1, 0.15) is 5.82 Å². The fourth-order valence-corrected chi connectivity index (χ4v) is 2.19. The highest BCUT2D eigenvalue weighted by Crippen LogP contribution is 2.29. The van der Waals surface area contributed by atoms with E-state index in [0.29, 0.717) is 5.56 Å². The first-order chi connectivity index (χ1) is 12.1. The van der Waals surface area contributed by atoms with Gasteiger partial charge in [-0.3, -0.25) is 9.59 Å². The Hall–Kier alpha value is -2.90. The summed E-state index contributed by atoms with van der Waals surface area (Å²) in [6, 6.07) is 9.56. The molecule has 4 nitrogen and oxygen atoms in total. The molecule has 2 aromatic rings. The number of anilines is 1. The minimum Gasteiger partial charge on any atom is -0.336 e. The minimum absolute atomic E-state index is 0.137. The van der Waals surface area contributed by atoms with Crippen molar-refractivity contribution in [3.63, 3.8) is 0 Å². The summed E-state index contributed by atoms with van der Waals surface area (Å²) in [6.07, 6.45) is -4.57. The van der Waals surface area contributed by atoms with Gasteiger partial charge in [-0.15, -0.1) is 0 Å². The van der Waals surface area contributed by atoms with Gasteiger partial charge in [-0.25, -0.2) is 4.39 Å². The van der Waals surface area contributed by atoms with Crippen molar-refractivity contribution in [3.8, 4) is 0 Å². The van der Waals surface area contributed by atoms with Gasteiger partial charge in [0.05, 0.1) is 18.5 Å². The Kier molecular flexibility index (Phi) is 5.97. The average molecular weight is 368 g/mol. The summed E-state index contributed by atoms with van der Waals surface area (Å²) in [5.41, 5.74) is -0.129. The number of alkyl halides is 3. The first-order valence-electron chi connectivity index (χ1n) is 7.60. The predicted molar refractivity (Wildman–Crippen MR) is 87.8 cm³/mol. The fraction of sp³-hybridized carbons (Fsp3) is 0.222. The van der Waals surface area contributed by atoms with Gasteiger partial charge in [0.25, 0.3) is 0 Å². The van der Waals surface area contributed by atoms with Gasteiger partial charge < -0.3 is 10.2 Å². The van der Waals surface area contributed by atoms with E-state index in [-0.39, 0.29) is 18.7 Å². The highest BCUT2D eigenvalue weighted by atomic mass is 19.4. The first kappa shape index (κ1) is 19.4. The number of carbonyl (C=O) groups is 2. The quantitative estimate of drug-likeness (QED) is 0.822. The van der Waals surface area contributed by atoms with Crippen molar-refractivity contribution >= 4 is 17.5 Å². The number of hydrogen-bond acceptors (Lipinski definition) is 2. The highest BCUT2D eigenvalue weighted by Gasteiger charge is 2.30. The maximum Gasteiger partial charge on any atom is 0.416 e. The first-order valence-corrected chi connectivity index (χ1v) is 7.60. The standard InChI is InChI=1S/C18H16F4N2O2/c1-24(11-16(25)23-15-4-2-3-14(19)10-15)17(26)9-12-5-7-13(8-6-12)18(20,21)22/h2-8,10H,9,11H2,1H3,(H,23,25). The summed E-state index contributed by atoms with van der Waals surface area (Å²) in [6.45, 7) is -0.268. The van der Waals surface area contributed by atoms with Crippen molar-refractivity contribution in [2.75, 3.05) is 18.9 Å². The minimum atomic E-state index is -4.44. The van der Waals surface area contributed by atoms with E-state index in [4.69, 9.17) is 0 Å². The number of amides is 2. The predicted octanol–water partition coefficient (Wildman–Crippen LogP) is 3.48. The van der Waals surface area contributed by atoms with Crippen LogP contribution in [-0.2, 0) is 22.2 Å². The van der Waals surface area contributed by atoms with Crippen LogP contribution in [0.2, 0.25) is 0 Å². The molecule has 0 radical (unpaired) electrons. The number of halogens is 4. The van der Waals surface area contributed by atoms with Crippen LogP contribution in [0.5, 0.6) is 0 Å². The van der Waals surface area contributed by atoms with Crippen LogP contribution in [-0.4, -0.2) is 30.3 Å². The summed E-state index contributed by atoms with van der Waals surface area (Å²) in [7, 11) is 1.40. The van der Waals surface area contributed by atoms with Crippen LogP contribution in [0.4, 0.5) is 23.2 Å².